The van der Waals surface area contributed by atoms with E-state index in [0.29, 0.717) is 5.92 Å². The molecule has 0 unspecified atom stereocenters. The van der Waals surface area contributed by atoms with Gasteiger partial charge >= 0.3 is 0 Å². The lowest BCUT2D eigenvalue weighted by atomic mass is 10.0. The molecular formula is C13H19N3. The van der Waals surface area contributed by atoms with E-state index in [-0.39, 0.29) is 0 Å². The molecule has 0 aliphatic rings. The Morgan fingerprint density at radius 1 is 1.00 bits per heavy atom. The Morgan fingerprint density at radius 2 is 1.62 bits per heavy atom. The molecule has 3 nitrogen and oxygen atoms in total. The van der Waals surface area contributed by atoms with E-state index in [1.807, 2.05) is 13.8 Å². The minimum absolute atomic E-state index is 0.498. The summed E-state index contributed by atoms with van der Waals surface area (Å²) >= 11 is 0. The number of nitrogens with zero attached hydrogens (tertiary/aromatic N) is 3. The molecule has 2 heterocycles. The Hall–Kier alpha value is -1.38. The van der Waals surface area contributed by atoms with Crippen molar-refractivity contribution >= 4 is 5.65 Å². The summed E-state index contributed by atoms with van der Waals surface area (Å²) in [6.45, 7) is 12.7. The van der Waals surface area contributed by atoms with Crippen molar-refractivity contribution in [3.8, 4) is 0 Å². The maximum atomic E-state index is 4.59. The van der Waals surface area contributed by atoms with E-state index in [4.69, 9.17) is 0 Å². The van der Waals surface area contributed by atoms with Gasteiger partial charge in [0.2, 0.25) is 0 Å². The average molecular weight is 217 g/mol. The first-order valence-electron chi connectivity index (χ1n) is 5.76. The molecule has 0 spiro atoms. The number of hydrogen-bond acceptors (Lipinski definition) is 2. The molecule has 3 heteroatoms. The first kappa shape index (κ1) is 11.1. The van der Waals surface area contributed by atoms with E-state index >= 15 is 0 Å². The van der Waals surface area contributed by atoms with Crippen molar-refractivity contribution in [1.29, 1.82) is 0 Å². The molecule has 0 bridgehead atoms. The fourth-order valence-electron chi connectivity index (χ4n) is 2.47. The van der Waals surface area contributed by atoms with Crippen molar-refractivity contribution in [2.45, 2.75) is 47.5 Å². The molecule has 0 aliphatic carbocycles. The Labute approximate surface area is 96.5 Å². The van der Waals surface area contributed by atoms with Gasteiger partial charge in [-0.25, -0.2) is 9.97 Å². The summed E-state index contributed by atoms with van der Waals surface area (Å²) in [5.41, 5.74) is 5.04. The van der Waals surface area contributed by atoms with E-state index in [0.717, 1.165) is 17.3 Å². The van der Waals surface area contributed by atoms with Gasteiger partial charge in [0.1, 0.15) is 17.3 Å². The summed E-state index contributed by atoms with van der Waals surface area (Å²) in [5.74, 6) is 2.37. The standard InChI is InChI=1S/C13H19N3/c1-7(2)12-8(3)9(4)16-11(6)14-10(5)15-13(12)16/h7H,1-6H3. The van der Waals surface area contributed by atoms with Crippen LogP contribution in [0, 0.1) is 27.7 Å². The third kappa shape index (κ3) is 1.42. The van der Waals surface area contributed by atoms with Crippen molar-refractivity contribution in [3.63, 3.8) is 0 Å². The summed E-state index contributed by atoms with van der Waals surface area (Å²) in [6.07, 6.45) is 0. The number of rotatable bonds is 1. The number of aryl methyl sites for hydroxylation is 3. The molecule has 0 atom stereocenters. The van der Waals surface area contributed by atoms with Crippen LogP contribution < -0.4 is 0 Å². The molecule has 0 aromatic carbocycles. The van der Waals surface area contributed by atoms with Crippen molar-refractivity contribution < 1.29 is 0 Å². The maximum Gasteiger partial charge on any atom is 0.144 e. The highest BCUT2D eigenvalue weighted by atomic mass is 15.1. The third-order valence-electron chi connectivity index (χ3n) is 3.23. The van der Waals surface area contributed by atoms with Gasteiger partial charge in [0, 0.05) is 11.3 Å². The predicted octanol–water partition coefficient (Wildman–Crippen LogP) is 3.09. The molecule has 0 aliphatic heterocycles. The van der Waals surface area contributed by atoms with Crippen LogP contribution in [0.5, 0.6) is 0 Å². The Kier molecular flexibility index (Phi) is 2.49. The largest absolute Gasteiger partial charge is 0.286 e. The zero-order valence-electron chi connectivity index (χ0n) is 10.9. The lowest BCUT2D eigenvalue weighted by molar-refractivity contribution is 0.849. The monoisotopic (exact) mass is 217 g/mol. The topological polar surface area (TPSA) is 30.2 Å². The van der Waals surface area contributed by atoms with Crippen LogP contribution in [0.4, 0.5) is 0 Å². The minimum atomic E-state index is 0.498. The summed E-state index contributed by atoms with van der Waals surface area (Å²) in [7, 11) is 0. The van der Waals surface area contributed by atoms with Crippen molar-refractivity contribution in [2.75, 3.05) is 0 Å². The smallest absolute Gasteiger partial charge is 0.144 e. The second kappa shape index (κ2) is 3.58. The molecule has 0 radical (unpaired) electrons. The lowest BCUT2D eigenvalue weighted by Gasteiger charge is -2.06. The quantitative estimate of drug-likeness (QED) is 0.734. The van der Waals surface area contributed by atoms with Crippen LogP contribution in [0.1, 0.15) is 48.2 Å². The molecule has 0 amide bonds. The van der Waals surface area contributed by atoms with E-state index < -0.39 is 0 Å². The molecule has 2 aromatic heterocycles. The summed E-state index contributed by atoms with van der Waals surface area (Å²) in [6, 6.07) is 0. The first-order valence-corrected chi connectivity index (χ1v) is 5.76. The van der Waals surface area contributed by atoms with Gasteiger partial charge < -0.3 is 0 Å². The van der Waals surface area contributed by atoms with Gasteiger partial charge in [-0.1, -0.05) is 13.8 Å². The predicted molar refractivity (Wildman–Crippen MR) is 66.0 cm³/mol. The van der Waals surface area contributed by atoms with Gasteiger partial charge in [-0.05, 0) is 39.2 Å². The highest BCUT2D eigenvalue weighted by Crippen LogP contribution is 2.28. The number of hydrogen-bond donors (Lipinski definition) is 0. The second-order valence-corrected chi connectivity index (χ2v) is 4.76. The van der Waals surface area contributed by atoms with Crippen LogP contribution in [0.3, 0.4) is 0 Å². The number of aromatic nitrogens is 3. The van der Waals surface area contributed by atoms with Crippen molar-refractivity contribution in [2.24, 2.45) is 0 Å². The molecule has 2 rings (SSSR count). The molecule has 86 valence electrons. The Morgan fingerprint density at radius 3 is 2.19 bits per heavy atom. The molecule has 0 saturated heterocycles. The van der Waals surface area contributed by atoms with Crippen molar-refractivity contribution in [3.05, 3.63) is 28.5 Å². The Bertz CT molecular complexity index is 550. The van der Waals surface area contributed by atoms with E-state index in [2.05, 4.69) is 42.1 Å². The summed E-state index contributed by atoms with van der Waals surface area (Å²) < 4.78 is 2.16. The van der Waals surface area contributed by atoms with Crippen LogP contribution >= 0.6 is 0 Å². The van der Waals surface area contributed by atoms with E-state index in [9.17, 15) is 0 Å². The molecule has 0 N–H and O–H groups in total. The van der Waals surface area contributed by atoms with Crippen LogP contribution in [0.15, 0.2) is 0 Å². The SMILES string of the molecule is Cc1nc(C)n2c(C)c(C)c(C(C)C)c2n1. The fraction of sp³-hybridized carbons (Fsp3) is 0.538. The fourth-order valence-corrected chi connectivity index (χ4v) is 2.47. The van der Waals surface area contributed by atoms with Gasteiger partial charge in [0.05, 0.1) is 0 Å². The van der Waals surface area contributed by atoms with Crippen LogP contribution in [0.25, 0.3) is 5.65 Å². The van der Waals surface area contributed by atoms with Crippen LogP contribution in [-0.2, 0) is 0 Å². The van der Waals surface area contributed by atoms with Gasteiger partial charge in [-0.2, -0.15) is 0 Å². The zero-order chi connectivity index (χ0) is 12.0. The summed E-state index contributed by atoms with van der Waals surface area (Å²) in [4.78, 5) is 9.02. The maximum absolute atomic E-state index is 4.59. The molecule has 16 heavy (non-hydrogen) atoms. The molecular weight excluding hydrogens is 198 g/mol. The van der Waals surface area contributed by atoms with E-state index in [1.54, 1.807) is 0 Å². The van der Waals surface area contributed by atoms with E-state index in [1.165, 1.54) is 16.8 Å². The summed E-state index contributed by atoms with van der Waals surface area (Å²) in [5, 5.41) is 0. The first-order chi connectivity index (χ1) is 7.43. The number of fused-ring (bicyclic) bond motifs is 1. The minimum Gasteiger partial charge on any atom is -0.286 e. The van der Waals surface area contributed by atoms with Gasteiger partial charge in [-0.3, -0.25) is 4.40 Å². The Balaban J connectivity index is 2.96. The van der Waals surface area contributed by atoms with Gasteiger partial charge in [-0.15, -0.1) is 0 Å². The van der Waals surface area contributed by atoms with Gasteiger partial charge in [0.15, 0.2) is 0 Å². The van der Waals surface area contributed by atoms with Crippen molar-refractivity contribution in [1.82, 2.24) is 14.4 Å². The molecule has 2 aromatic rings. The highest BCUT2D eigenvalue weighted by molar-refractivity contribution is 5.58. The molecule has 0 fully saturated rings. The van der Waals surface area contributed by atoms with Crippen LogP contribution in [0.2, 0.25) is 0 Å². The lowest BCUT2D eigenvalue weighted by Crippen LogP contribution is -2.02. The average Bonchev–Trinajstić information content (AvgIpc) is 2.38. The zero-order valence-corrected chi connectivity index (χ0v) is 10.9. The second-order valence-electron chi connectivity index (χ2n) is 4.76. The third-order valence-corrected chi connectivity index (χ3v) is 3.23. The molecule has 0 saturated carbocycles. The highest BCUT2D eigenvalue weighted by Gasteiger charge is 2.17. The van der Waals surface area contributed by atoms with Gasteiger partial charge in [0.25, 0.3) is 0 Å². The normalized spacial score (nSPS) is 11.7. The van der Waals surface area contributed by atoms with Crippen LogP contribution in [-0.4, -0.2) is 14.4 Å².